The van der Waals surface area contributed by atoms with E-state index < -0.39 is 5.54 Å². The molecule has 5 heteroatoms. The number of rotatable bonds is 4. The van der Waals surface area contributed by atoms with Gasteiger partial charge in [0.25, 0.3) is 5.91 Å². The molecule has 1 amide bonds. The Balaban J connectivity index is 1.89. The van der Waals surface area contributed by atoms with Crippen molar-refractivity contribution in [2.75, 3.05) is 6.61 Å². The summed E-state index contributed by atoms with van der Waals surface area (Å²) in [5, 5.41) is 3.02. The van der Waals surface area contributed by atoms with Crippen molar-refractivity contribution in [3.8, 4) is 0 Å². The third kappa shape index (κ3) is 3.52. The zero-order chi connectivity index (χ0) is 18.0. The Morgan fingerprint density at radius 1 is 1.32 bits per heavy atom. The zero-order valence-electron chi connectivity index (χ0n) is 14.5. The summed E-state index contributed by atoms with van der Waals surface area (Å²) in [6, 6.07) is 5.63. The van der Waals surface area contributed by atoms with E-state index in [2.05, 4.69) is 40.1 Å². The molecule has 0 bridgehead atoms. The summed E-state index contributed by atoms with van der Waals surface area (Å²) in [4.78, 5) is 25.7. The standard InChI is InChI=1S/C20H22INO3/c1-3-25-19(24)20(11-14-8-4-5-9-15(14)12-20)22-18(23)16-10-6-7-13(2)17(16)21/h4,6-8,10H,3,5,9,11-12H2,1-2H3,(H,22,23). The van der Waals surface area contributed by atoms with Crippen molar-refractivity contribution in [2.24, 2.45) is 0 Å². The number of hydrogen-bond donors (Lipinski definition) is 1. The molecule has 1 atom stereocenters. The van der Waals surface area contributed by atoms with Gasteiger partial charge in [0.05, 0.1) is 12.2 Å². The average Bonchev–Trinajstić information content (AvgIpc) is 2.96. The molecule has 0 saturated heterocycles. The molecule has 4 nitrogen and oxygen atoms in total. The van der Waals surface area contributed by atoms with Crippen LogP contribution in [0.5, 0.6) is 0 Å². The third-order valence-electron chi connectivity index (χ3n) is 4.85. The van der Waals surface area contributed by atoms with Gasteiger partial charge in [-0.3, -0.25) is 4.79 Å². The molecular weight excluding hydrogens is 429 g/mol. The van der Waals surface area contributed by atoms with Gasteiger partial charge in [-0.15, -0.1) is 0 Å². The fourth-order valence-electron chi connectivity index (χ4n) is 3.56. The Hall–Kier alpha value is -1.63. The number of benzene rings is 1. The Labute approximate surface area is 161 Å². The number of hydrogen-bond acceptors (Lipinski definition) is 3. The van der Waals surface area contributed by atoms with E-state index in [9.17, 15) is 9.59 Å². The second kappa shape index (κ2) is 7.32. The maximum absolute atomic E-state index is 12.9. The van der Waals surface area contributed by atoms with Crippen molar-refractivity contribution >= 4 is 34.5 Å². The van der Waals surface area contributed by atoms with Crippen LogP contribution in [0, 0.1) is 10.5 Å². The lowest BCUT2D eigenvalue weighted by Crippen LogP contribution is -2.54. The van der Waals surface area contributed by atoms with E-state index in [1.807, 2.05) is 19.1 Å². The maximum Gasteiger partial charge on any atom is 0.332 e. The lowest BCUT2D eigenvalue weighted by atomic mass is 9.93. The van der Waals surface area contributed by atoms with Crippen LogP contribution in [0.25, 0.3) is 0 Å². The van der Waals surface area contributed by atoms with Crippen molar-refractivity contribution in [2.45, 2.75) is 45.1 Å². The number of carbonyl (C=O) groups is 2. The summed E-state index contributed by atoms with van der Waals surface area (Å²) in [6.45, 7) is 4.07. The molecule has 0 aromatic heterocycles. The molecule has 0 heterocycles. The smallest absolute Gasteiger partial charge is 0.332 e. The topological polar surface area (TPSA) is 55.4 Å². The molecule has 1 aromatic rings. The number of amides is 1. The van der Waals surface area contributed by atoms with Crippen LogP contribution in [0.4, 0.5) is 0 Å². The number of esters is 1. The maximum atomic E-state index is 12.9. The normalized spacial score (nSPS) is 21.9. The fourth-order valence-corrected chi connectivity index (χ4v) is 4.16. The first-order valence-corrected chi connectivity index (χ1v) is 9.67. The zero-order valence-corrected chi connectivity index (χ0v) is 16.7. The molecule has 0 fully saturated rings. The fraction of sp³-hybridized carbons (Fsp3) is 0.400. The largest absolute Gasteiger partial charge is 0.464 e. The number of carbonyl (C=O) groups excluding carboxylic acids is 2. The molecule has 1 aromatic carbocycles. The van der Waals surface area contributed by atoms with Crippen molar-refractivity contribution in [1.82, 2.24) is 5.32 Å². The minimum absolute atomic E-state index is 0.218. The van der Waals surface area contributed by atoms with E-state index in [0.717, 1.165) is 22.0 Å². The van der Waals surface area contributed by atoms with E-state index in [1.165, 1.54) is 11.1 Å². The van der Waals surface area contributed by atoms with Crippen LogP contribution in [-0.4, -0.2) is 24.0 Å². The van der Waals surface area contributed by atoms with Gasteiger partial charge >= 0.3 is 5.97 Å². The molecule has 1 unspecified atom stereocenters. The quantitative estimate of drug-likeness (QED) is 0.555. The first-order chi connectivity index (χ1) is 12.0. The highest BCUT2D eigenvalue weighted by Crippen LogP contribution is 2.41. The van der Waals surface area contributed by atoms with Crippen molar-refractivity contribution in [3.63, 3.8) is 0 Å². The molecule has 0 spiro atoms. The van der Waals surface area contributed by atoms with Crippen LogP contribution in [0.2, 0.25) is 0 Å². The molecule has 0 aliphatic heterocycles. The van der Waals surface area contributed by atoms with Gasteiger partial charge in [-0.05, 0) is 66.5 Å². The predicted molar refractivity (Wildman–Crippen MR) is 105 cm³/mol. The minimum atomic E-state index is -0.987. The molecule has 2 aliphatic carbocycles. The van der Waals surface area contributed by atoms with Crippen LogP contribution in [-0.2, 0) is 9.53 Å². The van der Waals surface area contributed by atoms with Gasteiger partial charge in [0.2, 0.25) is 0 Å². The van der Waals surface area contributed by atoms with Crippen LogP contribution in [0.15, 0.2) is 41.5 Å². The number of ether oxygens (including phenoxy) is 1. The first kappa shape index (κ1) is 18.2. The molecular formula is C20H22INO3. The van der Waals surface area contributed by atoms with Crippen molar-refractivity contribution in [1.29, 1.82) is 0 Å². The number of allylic oxidation sites excluding steroid dienone is 2. The number of nitrogens with one attached hydrogen (secondary N) is 1. The van der Waals surface area contributed by atoms with Gasteiger partial charge in [-0.2, -0.15) is 0 Å². The number of aryl methyl sites for hydroxylation is 1. The Bertz CT molecular complexity index is 781. The summed E-state index contributed by atoms with van der Waals surface area (Å²) in [5.41, 5.74) is 3.09. The van der Waals surface area contributed by atoms with Crippen molar-refractivity contribution in [3.05, 3.63) is 56.2 Å². The molecule has 3 rings (SSSR count). The summed E-state index contributed by atoms with van der Waals surface area (Å²) in [6.07, 6.45) is 7.20. The van der Waals surface area contributed by atoms with Gasteiger partial charge < -0.3 is 10.1 Å². The van der Waals surface area contributed by atoms with Gasteiger partial charge in [0.15, 0.2) is 0 Å². The van der Waals surface area contributed by atoms with Crippen LogP contribution >= 0.6 is 22.6 Å². The highest BCUT2D eigenvalue weighted by Gasteiger charge is 2.47. The Kier molecular flexibility index (Phi) is 5.32. The summed E-state index contributed by atoms with van der Waals surface area (Å²) in [7, 11) is 0. The highest BCUT2D eigenvalue weighted by molar-refractivity contribution is 14.1. The molecule has 0 radical (unpaired) electrons. The van der Waals surface area contributed by atoms with E-state index in [-0.39, 0.29) is 11.9 Å². The van der Waals surface area contributed by atoms with Crippen LogP contribution in [0.1, 0.15) is 48.5 Å². The van der Waals surface area contributed by atoms with Gasteiger partial charge in [0.1, 0.15) is 5.54 Å². The minimum Gasteiger partial charge on any atom is -0.464 e. The summed E-state index contributed by atoms with van der Waals surface area (Å²) >= 11 is 2.18. The van der Waals surface area contributed by atoms with Gasteiger partial charge in [-0.25, -0.2) is 4.79 Å². The first-order valence-electron chi connectivity index (χ1n) is 8.59. The molecule has 1 N–H and O–H groups in total. The van der Waals surface area contributed by atoms with Gasteiger partial charge in [0, 0.05) is 16.4 Å². The Morgan fingerprint density at radius 2 is 2.12 bits per heavy atom. The second-order valence-electron chi connectivity index (χ2n) is 6.62. The second-order valence-corrected chi connectivity index (χ2v) is 7.70. The average molecular weight is 451 g/mol. The van der Waals surface area contributed by atoms with Crippen LogP contribution in [0.3, 0.4) is 0 Å². The van der Waals surface area contributed by atoms with E-state index in [0.29, 0.717) is 25.0 Å². The number of halogens is 1. The highest BCUT2D eigenvalue weighted by atomic mass is 127. The molecule has 25 heavy (non-hydrogen) atoms. The van der Waals surface area contributed by atoms with E-state index in [4.69, 9.17) is 4.74 Å². The summed E-state index contributed by atoms with van der Waals surface area (Å²) in [5.74, 6) is -0.557. The van der Waals surface area contributed by atoms with E-state index >= 15 is 0 Å². The SMILES string of the molecule is CCOC(=O)C1(NC(=O)c2cccc(C)c2I)CC2=C(CCC=C2)C1. The molecule has 0 saturated carbocycles. The molecule has 2 aliphatic rings. The Morgan fingerprint density at radius 3 is 2.84 bits per heavy atom. The lowest BCUT2D eigenvalue weighted by molar-refractivity contribution is -0.150. The third-order valence-corrected chi connectivity index (χ3v) is 6.28. The van der Waals surface area contributed by atoms with E-state index in [1.54, 1.807) is 13.0 Å². The monoisotopic (exact) mass is 451 g/mol. The van der Waals surface area contributed by atoms with Gasteiger partial charge in [-0.1, -0.05) is 29.9 Å². The lowest BCUT2D eigenvalue weighted by Gasteiger charge is -2.29. The van der Waals surface area contributed by atoms with Crippen molar-refractivity contribution < 1.29 is 14.3 Å². The van der Waals surface area contributed by atoms with Crippen LogP contribution < -0.4 is 5.32 Å². The molecule has 132 valence electrons. The predicted octanol–water partition coefficient (Wildman–Crippen LogP) is 4.07. The summed E-state index contributed by atoms with van der Waals surface area (Å²) < 4.78 is 6.23.